The van der Waals surface area contributed by atoms with Gasteiger partial charge in [0, 0.05) is 30.8 Å². The van der Waals surface area contributed by atoms with Gasteiger partial charge in [-0.2, -0.15) is 4.98 Å². The Labute approximate surface area is 164 Å². The Balaban J connectivity index is 1.69. The molecule has 1 aromatic heterocycles. The molecule has 1 unspecified atom stereocenters. The molecule has 2 aromatic carbocycles. The molecule has 28 heavy (non-hydrogen) atoms. The summed E-state index contributed by atoms with van der Waals surface area (Å²) >= 11 is 0. The Hall–Kier alpha value is -3.12. The van der Waals surface area contributed by atoms with Crippen LogP contribution in [0.4, 0.5) is 11.8 Å². The van der Waals surface area contributed by atoms with Crippen molar-refractivity contribution in [1.82, 2.24) is 9.97 Å². The average Bonchev–Trinajstić information content (AvgIpc) is 2.75. The van der Waals surface area contributed by atoms with E-state index in [4.69, 9.17) is 14.7 Å². The third-order valence-corrected chi connectivity index (χ3v) is 4.81. The molecule has 2 N–H and O–H groups in total. The summed E-state index contributed by atoms with van der Waals surface area (Å²) in [6.07, 6.45) is 0. The minimum atomic E-state index is 0.102. The van der Waals surface area contributed by atoms with E-state index in [0.717, 1.165) is 30.2 Å². The number of hydrogen-bond donors (Lipinski definition) is 2. The highest BCUT2D eigenvalue weighted by Gasteiger charge is 2.17. The van der Waals surface area contributed by atoms with Crippen LogP contribution in [-0.4, -0.2) is 41.4 Å². The normalized spacial score (nSPS) is 15.2. The maximum Gasteiger partial charge on any atom is 0.228 e. The lowest BCUT2D eigenvalue weighted by Gasteiger charge is -2.27. The van der Waals surface area contributed by atoms with Gasteiger partial charge in [0.1, 0.15) is 11.6 Å². The number of aromatic nitrogens is 2. The van der Waals surface area contributed by atoms with Gasteiger partial charge in [-0.05, 0) is 24.6 Å². The van der Waals surface area contributed by atoms with Gasteiger partial charge >= 0.3 is 0 Å². The van der Waals surface area contributed by atoms with E-state index in [1.165, 1.54) is 5.56 Å². The number of morpholine rings is 1. The second-order valence-corrected chi connectivity index (χ2v) is 6.86. The first-order chi connectivity index (χ1) is 13.7. The Kier molecular flexibility index (Phi) is 5.39. The molecule has 6 heteroatoms. The zero-order chi connectivity index (χ0) is 19.3. The summed E-state index contributed by atoms with van der Waals surface area (Å²) in [4.78, 5) is 11.6. The first-order valence-electron chi connectivity index (χ1n) is 9.52. The summed E-state index contributed by atoms with van der Waals surface area (Å²) in [5.41, 5.74) is 2.82. The molecule has 1 aliphatic heterocycles. The minimum absolute atomic E-state index is 0.102. The number of benzene rings is 2. The molecule has 6 nitrogen and oxygen atoms in total. The molecule has 1 fully saturated rings. The summed E-state index contributed by atoms with van der Waals surface area (Å²) in [6, 6.07) is 19.4. The van der Waals surface area contributed by atoms with Crippen LogP contribution < -0.4 is 10.2 Å². The number of phenolic OH excluding ortho intramolecular Hbond substituents is 1. The number of nitrogens with zero attached hydrogens (tertiary/aromatic N) is 3. The number of ether oxygens (including phenoxy) is 1. The van der Waals surface area contributed by atoms with Crippen molar-refractivity contribution in [1.29, 1.82) is 0 Å². The highest BCUT2D eigenvalue weighted by Crippen LogP contribution is 2.27. The Bertz CT molecular complexity index is 927. The van der Waals surface area contributed by atoms with Crippen LogP contribution in [0.3, 0.4) is 0 Å². The highest BCUT2D eigenvalue weighted by molar-refractivity contribution is 5.66. The van der Waals surface area contributed by atoms with Crippen molar-refractivity contribution < 1.29 is 9.84 Å². The Morgan fingerprint density at radius 3 is 2.54 bits per heavy atom. The molecule has 1 aliphatic rings. The fourth-order valence-corrected chi connectivity index (χ4v) is 3.27. The molecule has 0 spiro atoms. The van der Waals surface area contributed by atoms with Gasteiger partial charge < -0.3 is 20.1 Å². The zero-order valence-electron chi connectivity index (χ0n) is 15.9. The standard InChI is InChI=1S/C22H24N4O2/c1-16(17-6-3-2-4-7-17)23-21-15-20(18-8-5-9-19(27)14-18)24-22(25-21)26-10-12-28-13-11-26/h2-9,14-16,27H,10-13H2,1H3,(H,23,24,25). The topological polar surface area (TPSA) is 70.5 Å². The first-order valence-corrected chi connectivity index (χ1v) is 9.52. The summed E-state index contributed by atoms with van der Waals surface area (Å²) in [5.74, 6) is 1.65. The first kappa shape index (κ1) is 18.3. The van der Waals surface area contributed by atoms with Gasteiger partial charge in [0.25, 0.3) is 0 Å². The fraction of sp³-hybridized carbons (Fsp3) is 0.273. The number of nitrogens with one attached hydrogen (secondary N) is 1. The van der Waals surface area contributed by atoms with Gasteiger partial charge in [-0.3, -0.25) is 0 Å². The van der Waals surface area contributed by atoms with E-state index in [9.17, 15) is 5.11 Å². The summed E-state index contributed by atoms with van der Waals surface area (Å²) in [6.45, 7) is 4.97. The van der Waals surface area contributed by atoms with Gasteiger partial charge in [0.2, 0.25) is 5.95 Å². The van der Waals surface area contributed by atoms with Gasteiger partial charge in [0.05, 0.1) is 18.9 Å². The van der Waals surface area contributed by atoms with E-state index >= 15 is 0 Å². The summed E-state index contributed by atoms with van der Waals surface area (Å²) in [7, 11) is 0. The number of aromatic hydroxyl groups is 1. The van der Waals surface area contributed by atoms with E-state index in [2.05, 4.69) is 29.3 Å². The number of rotatable bonds is 5. The summed E-state index contributed by atoms with van der Waals surface area (Å²) in [5, 5.41) is 13.4. The van der Waals surface area contributed by atoms with Gasteiger partial charge in [-0.15, -0.1) is 0 Å². The van der Waals surface area contributed by atoms with Crippen LogP contribution >= 0.6 is 0 Å². The van der Waals surface area contributed by atoms with Crippen molar-refractivity contribution in [3.05, 3.63) is 66.2 Å². The van der Waals surface area contributed by atoms with Gasteiger partial charge in [0.15, 0.2) is 0 Å². The maximum atomic E-state index is 9.87. The molecule has 1 atom stereocenters. The van der Waals surface area contributed by atoms with Crippen LogP contribution in [0.1, 0.15) is 18.5 Å². The molecule has 3 aromatic rings. The molecular formula is C22H24N4O2. The quantitative estimate of drug-likeness (QED) is 0.705. The molecule has 0 bridgehead atoms. The van der Waals surface area contributed by atoms with Crippen molar-refractivity contribution in [3.63, 3.8) is 0 Å². The van der Waals surface area contributed by atoms with Crippen LogP contribution in [-0.2, 0) is 4.74 Å². The minimum Gasteiger partial charge on any atom is -0.508 e. The molecule has 0 radical (unpaired) electrons. The molecule has 2 heterocycles. The van der Waals surface area contributed by atoms with E-state index in [1.54, 1.807) is 12.1 Å². The number of hydrogen-bond acceptors (Lipinski definition) is 6. The van der Waals surface area contributed by atoms with Crippen molar-refractivity contribution in [2.45, 2.75) is 13.0 Å². The lowest BCUT2D eigenvalue weighted by molar-refractivity contribution is 0.122. The molecular weight excluding hydrogens is 352 g/mol. The Morgan fingerprint density at radius 2 is 1.79 bits per heavy atom. The molecule has 1 saturated heterocycles. The fourth-order valence-electron chi connectivity index (χ4n) is 3.27. The van der Waals surface area contributed by atoms with Crippen LogP contribution in [0.25, 0.3) is 11.3 Å². The van der Waals surface area contributed by atoms with Crippen molar-refractivity contribution in [3.8, 4) is 17.0 Å². The Morgan fingerprint density at radius 1 is 1.00 bits per heavy atom. The van der Waals surface area contributed by atoms with E-state index in [0.29, 0.717) is 19.2 Å². The van der Waals surface area contributed by atoms with Gasteiger partial charge in [-0.25, -0.2) is 4.98 Å². The molecule has 0 amide bonds. The number of anilines is 2. The zero-order valence-corrected chi connectivity index (χ0v) is 15.9. The van der Waals surface area contributed by atoms with E-state index in [1.807, 2.05) is 36.4 Å². The summed E-state index contributed by atoms with van der Waals surface area (Å²) < 4.78 is 5.46. The SMILES string of the molecule is CC(Nc1cc(-c2cccc(O)c2)nc(N2CCOCC2)n1)c1ccccc1. The monoisotopic (exact) mass is 376 g/mol. The van der Waals surface area contributed by atoms with Crippen LogP contribution in [0.5, 0.6) is 5.75 Å². The van der Waals surface area contributed by atoms with Crippen LogP contribution in [0.2, 0.25) is 0 Å². The lowest BCUT2D eigenvalue weighted by Crippen LogP contribution is -2.37. The second kappa shape index (κ2) is 8.27. The lowest BCUT2D eigenvalue weighted by atomic mass is 10.1. The largest absolute Gasteiger partial charge is 0.508 e. The van der Waals surface area contributed by atoms with Crippen molar-refractivity contribution in [2.75, 3.05) is 36.5 Å². The number of phenols is 1. The van der Waals surface area contributed by atoms with E-state index < -0.39 is 0 Å². The predicted octanol–water partition coefficient (Wildman–Crippen LogP) is 3.86. The third kappa shape index (κ3) is 4.23. The molecule has 4 rings (SSSR count). The molecule has 144 valence electrons. The van der Waals surface area contributed by atoms with Gasteiger partial charge in [-0.1, -0.05) is 42.5 Å². The molecule has 0 saturated carbocycles. The smallest absolute Gasteiger partial charge is 0.228 e. The van der Waals surface area contributed by atoms with Crippen LogP contribution in [0, 0.1) is 0 Å². The third-order valence-electron chi connectivity index (χ3n) is 4.81. The second-order valence-electron chi connectivity index (χ2n) is 6.86. The van der Waals surface area contributed by atoms with Crippen molar-refractivity contribution >= 4 is 11.8 Å². The molecule has 0 aliphatic carbocycles. The maximum absolute atomic E-state index is 9.87. The van der Waals surface area contributed by atoms with E-state index in [-0.39, 0.29) is 11.8 Å². The highest BCUT2D eigenvalue weighted by atomic mass is 16.5. The predicted molar refractivity (Wildman–Crippen MR) is 111 cm³/mol. The van der Waals surface area contributed by atoms with Crippen LogP contribution in [0.15, 0.2) is 60.7 Å². The van der Waals surface area contributed by atoms with Crippen molar-refractivity contribution in [2.24, 2.45) is 0 Å². The average molecular weight is 376 g/mol.